The van der Waals surface area contributed by atoms with Gasteiger partial charge in [0.2, 0.25) is 5.91 Å². The molecule has 1 atom stereocenters. The van der Waals surface area contributed by atoms with E-state index in [9.17, 15) is 9.59 Å². The Balaban J connectivity index is 2.21. The van der Waals surface area contributed by atoms with Crippen molar-refractivity contribution in [2.45, 2.75) is 19.4 Å². The molecule has 1 fully saturated rings. The van der Waals surface area contributed by atoms with E-state index in [1.807, 2.05) is 0 Å². The largest absolute Gasteiger partial charge is 0.463 e. The van der Waals surface area contributed by atoms with Crippen LogP contribution in [-0.2, 0) is 14.3 Å². The molecule has 0 radical (unpaired) electrons. The molecule has 0 aromatic heterocycles. The van der Waals surface area contributed by atoms with Crippen LogP contribution in [0.1, 0.15) is 13.3 Å². The van der Waals surface area contributed by atoms with Gasteiger partial charge >= 0.3 is 5.97 Å². The van der Waals surface area contributed by atoms with Crippen molar-refractivity contribution in [3.8, 4) is 0 Å². The van der Waals surface area contributed by atoms with Gasteiger partial charge in [-0.2, -0.15) is 0 Å². The predicted octanol–water partition coefficient (Wildman–Crippen LogP) is -0.0740. The van der Waals surface area contributed by atoms with Crippen LogP contribution in [0, 0.1) is 0 Å². The van der Waals surface area contributed by atoms with E-state index in [2.05, 4.69) is 5.32 Å². The summed E-state index contributed by atoms with van der Waals surface area (Å²) in [7, 11) is 1.79. The van der Waals surface area contributed by atoms with Crippen LogP contribution in [0.2, 0.25) is 0 Å². The number of likely N-dealkylation sites (N-methyl/N-ethyl adjacent to an activating group) is 1. The third-order valence-corrected chi connectivity index (χ3v) is 2.45. The number of ether oxygens (including phenoxy) is 1. The standard InChI is InChI=1S/C11H18N2O3/c1-3-16-10(14)5-4-7-12-9-6-8-13(2)11(9)15/h4-5,9,12H,3,6-8H2,1-2H3/b5-4+. The number of hydrogen-bond donors (Lipinski definition) is 1. The monoisotopic (exact) mass is 226 g/mol. The van der Waals surface area contributed by atoms with E-state index in [-0.39, 0.29) is 17.9 Å². The molecule has 16 heavy (non-hydrogen) atoms. The van der Waals surface area contributed by atoms with Crippen LogP contribution in [0.15, 0.2) is 12.2 Å². The summed E-state index contributed by atoms with van der Waals surface area (Å²) < 4.78 is 4.72. The van der Waals surface area contributed by atoms with Gasteiger partial charge < -0.3 is 15.0 Å². The minimum Gasteiger partial charge on any atom is -0.463 e. The summed E-state index contributed by atoms with van der Waals surface area (Å²) in [6.45, 7) is 3.43. The number of amides is 1. The van der Waals surface area contributed by atoms with Crippen LogP contribution >= 0.6 is 0 Å². The quantitative estimate of drug-likeness (QED) is 0.526. The number of carbonyl (C=O) groups is 2. The van der Waals surface area contributed by atoms with Gasteiger partial charge in [-0.1, -0.05) is 6.08 Å². The summed E-state index contributed by atoms with van der Waals surface area (Å²) in [5.74, 6) is -0.233. The molecule has 1 heterocycles. The highest BCUT2D eigenvalue weighted by Crippen LogP contribution is 2.07. The highest BCUT2D eigenvalue weighted by molar-refractivity contribution is 5.84. The molecule has 1 N–H and O–H groups in total. The van der Waals surface area contributed by atoms with Gasteiger partial charge in [-0.05, 0) is 13.3 Å². The summed E-state index contributed by atoms with van der Waals surface area (Å²) in [5, 5.41) is 3.07. The van der Waals surface area contributed by atoms with Gasteiger partial charge in [-0.3, -0.25) is 4.79 Å². The lowest BCUT2D eigenvalue weighted by molar-refractivity contribution is -0.137. The SMILES string of the molecule is CCOC(=O)/C=C/CNC1CCN(C)C1=O. The molecule has 1 aliphatic heterocycles. The lowest BCUT2D eigenvalue weighted by Crippen LogP contribution is -2.36. The second-order valence-electron chi connectivity index (χ2n) is 3.66. The van der Waals surface area contributed by atoms with Crippen molar-refractivity contribution < 1.29 is 14.3 Å². The Kier molecular flexibility index (Phi) is 4.98. The Morgan fingerprint density at radius 3 is 3.00 bits per heavy atom. The Morgan fingerprint density at radius 1 is 1.69 bits per heavy atom. The first-order valence-corrected chi connectivity index (χ1v) is 5.46. The first-order chi connectivity index (χ1) is 7.65. The van der Waals surface area contributed by atoms with Crippen LogP contribution in [0.4, 0.5) is 0 Å². The molecule has 1 unspecified atom stereocenters. The fraction of sp³-hybridized carbons (Fsp3) is 0.636. The van der Waals surface area contributed by atoms with Gasteiger partial charge in [0.05, 0.1) is 12.6 Å². The summed E-state index contributed by atoms with van der Waals surface area (Å²) in [6.07, 6.45) is 3.87. The van der Waals surface area contributed by atoms with Crippen molar-refractivity contribution in [2.24, 2.45) is 0 Å². The molecule has 0 aromatic rings. The Morgan fingerprint density at radius 2 is 2.44 bits per heavy atom. The van der Waals surface area contributed by atoms with Crippen LogP contribution < -0.4 is 5.32 Å². The molecular weight excluding hydrogens is 208 g/mol. The number of carbonyl (C=O) groups excluding carboxylic acids is 2. The third-order valence-electron chi connectivity index (χ3n) is 2.45. The molecule has 0 bridgehead atoms. The topological polar surface area (TPSA) is 58.6 Å². The van der Waals surface area contributed by atoms with Crippen molar-refractivity contribution in [1.29, 1.82) is 0 Å². The minimum absolute atomic E-state index is 0.114. The van der Waals surface area contributed by atoms with Crippen molar-refractivity contribution in [3.05, 3.63) is 12.2 Å². The highest BCUT2D eigenvalue weighted by Gasteiger charge is 2.27. The van der Waals surface area contributed by atoms with Gasteiger partial charge in [-0.25, -0.2) is 4.79 Å². The number of nitrogens with zero attached hydrogens (tertiary/aromatic N) is 1. The van der Waals surface area contributed by atoms with Crippen LogP contribution in [-0.4, -0.2) is 49.6 Å². The van der Waals surface area contributed by atoms with E-state index in [1.54, 1.807) is 24.9 Å². The molecule has 1 rings (SSSR count). The van der Waals surface area contributed by atoms with Gasteiger partial charge in [0.15, 0.2) is 0 Å². The van der Waals surface area contributed by atoms with Gasteiger partial charge in [0.25, 0.3) is 0 Å². The van der Waals surface area contributed by atoms with Crippen molar-refractivity contribution >= 4 is 11.9 Å². The average molecular weight is 226 g/mol. The molecule has 90 valence electrons. The van der Waals surface area contributed by atoms with E-state index >= 15 is 0 Å². The van der Waals surface area contributed by atoms with E-state index in [0.29, 0.717) is 13.2 Å². The van der Waals surface area contributed by atoms with E-state index in [1.165, 1.54) is 6.08 Å². The zero-order valence-corrected chi connectivity index (χ0v) is 9.73. The minimum atomic E-state index is -0.348. The van der Waals surface area contributed by atoms with E-state index < -0.39 is 0 Å². The maximum absolute atomic E-state index is 11.5. The van der Waals surface area contributed by atoms with E-state index in [0.717, 1.165) is 13.0 Å². The lowest BCUT2D eigenvalue weighted by Gasteiger charge is -2.10. The molecule has 1 saturated heterocycles. The van der Waals surface area contributed by atoms with Gasteiger partial charge in [0, 0.05) is 26.2 Å². The number of hydrogen-bond acceptors (Lipinski definition) is 4. The summed E-state index contributed by atoms with van der Waals surface area (Å²) >= 11 is 0. The highest BCUT2D eigenvalue weighted by atomic mass is 16.5. The molecular formula is C11H18N2O3. The lowest BCUT2D eigenvalue weighted by atomic mass is 10.2. The van der Waals surface area contributed by atoms with Crippen LogP contribution in [0.5, 0.6) is 0 Å². The van der Waals surface area contributed by atoms with E-state index in [4.69, 9.17) is 4.74 Å². The first-order valence-electron chi connectivity index (χ1n) is 5.46. The number of rotatable bonds is 5. The second-order valence-corrected chi connectivity index (χ2v) is 3.66. The van der Waals surface area contributed by atoms with Crippen molar-refractivity contribution in [3.63, 3.8) is 0 Å². The molecule has 1 amide bonds. The zero-order valence-electron chi connectivity index (χ0n) is 9.73. The van der Waals surface area contributed by atoms with Gasteiger partial charge in [0.1, 0.15) is 0 Å². The Labute approximate surface area is 95.4 Å². The molecule has 0 aliphatic carbocycles. The fourth-order valence-electron chi connectivity index (χ4n) is 1.57. The smallest absolute Gasteiger partial charge is 0.330 e. The van der Waals surface area contributed by atoms with Crippen LogP contribution in [0.25, 0.3) is 0 Å². The number of likely N-dealkylation sites (tertiary alicyclic amines) is 1. The maximum atomic E-state index is 11.5. The summed E-state index contributed by atoms with van der Waals surface area (Å²) in [4.78, 5) is 24.1. The second kappa shape index (κ2) is 6.27. The Hall–Kier alpha value is -1.36. The average Bonchev–Trinajstić information content (AvgIpc) is 2.56. The molecule has 0 saturated carbocycles. The van der Waals surface area contributed by atoms with Crippen LogP contribution in [0.3, 0.4) is 0 Å². The zero-order chi connectivity index (χ0) is 12.0. The Bertz CT molecular complexity index is 289. The van der Waals surface area contributed by atoms with Crippen molar-refractivity contribution in [1.82, 2.24) is 10.2 Å². The fourth-order valence-corrected chi connectivity index (χ4v) is 1.57. The predicted molar refractivity (Wildman–Crippen MR) is 59.8 cm³/mol. The number of nitrogens with one attached hydrogen (secondary N) is 1. The summed E-state index contributed by atoms with van der Waals surface area (Å²) in [6, 6.07) is -0.114. The van der Waals surface area contributed by atoms with Gasteiger partial charge in [-0.15, -0.1) is 0 Å². The normalized spacial score (nSPS) is 20.8. The molecule has 5 nitrogen and oxygen atoms in total. The third kappa shape index (κ3) is 3.66. The molecule has 0 aromatic carbocycles. The maximum Gasteiger partial charge on any atom is 0.330 e. The van der Waals surface area contributed by atoms with Crippen molar-refractivity contribution in [2.75, 3.05) is 26.7 Å². The molecule has 5 heteroatoms. The summed E-state index contributed by atoms with van der Waals surface area (Å²) in [5.41, 5.74) is 0. The number of esters is 1. The molecule has 1 aliphatic rings. The molecule has 0 spiro atoms. The first kappa shape index (κ1) is 12.7.